The van der Waals surface area contributed by atoms with E-state index in [-0.39, 0.29) is 11.8 Å². The van der Waals surface area contributed by atoms with Gasteiger partial charge in [-0.25, -0.2) is 9.97 Å². The van der Waals surface area contributed by atoms with Crippen LogP contribution in [0, 0.1) is 0 Å². The summed E-state index contributed by atoms with van der Waals surface area (Å²) in [5.74, 6) is 1.83. The smallest absolute Gasteiger partial charge is 0.256 e. The summed E-state index contributed by atoms with van der Waals surface area (Å²) in [6.45, 7) is 0. The first-order chi connectivity index (χ1) is 28.5. The van der Waals surface area contributed by atoms with E-state index in [9.17, 15) is 9.59 Å². The lowest BCUT2D eigenvalue weighted by Gasteiger charge is -2.14. The summed E-state index contributed by atoms with van der Waals surface area (Å²) in [5, 5.41) is 15.6. The number of nitrogens with zero attached hydrogens (tertiary/aromatic N) is 5. The third-order valence-electron chi connectivity index (χ3n) is 8.64. The number of carbonyl (C=O) groups excluding carboxylic acids is 2. The number of hydrogen-bond acceptors (Lipinski definition) is 11. The van der Waals surface area contributed by atoms with E-state index in [1.54, 1.807) is 85.8 Å². The van der Waals surface area contributed by atoms with E-state index in [2.05, 4.69) is 51.5 Å². The van der Waals surface area contributed by atoms with Gasteiger partial charge in [0, 0.05) is 94.6 Å². The van der Waals surface area contributed by atoms with Gasteiger partial charge < -0.3 is 31.3 Å². The molecule has 0 bridgehead atoms. The third-order valence-corrected chi connectivity index (χ3v) is 8.64. The molecule has 0 atom stereocenters. The minimum Gasteiger partial charge on any atom is -0.457 e. The fourth-order valence-corrected chi connectivity index (χ4v) is 5.88. The maximum atomic E-state index is 13.3. The lowest BCUT2D eigenvalue weighted by atomic mass is 10.1. The zero-order valence-corrected chi connectivity index (χ0v) is 30.7. The van der Waals surface area contributed by atoms with Crippen LogP contribution in [0.3, 0.4) is 0 Å². The molecule has 0 aliphatic rings. The van der Waals surface area contributed by atoms with Crippen molar-refractivity contribution in [1.29, 1.82) is 0 Å². The van der Waals surface area contributed by atoms with Gasteiger partial charge in [0.25, 0.3) is 11.8 Å². The van der Waals surface area contributed by atoms with Crippen LogP contribution in [-0.4, -0.2) is 36.7 Å². The predicted octanol–water partition coefficient (Wildman–Crippen LogP) is 9.86. The van der Waals surface area contributed by atoms with Crippen molar-refractivity contribution >= 4 is 57.7 Å². The fraction of sp³-hybridized carbons (Fsp3) is 0. The monoisotopic (exact) mass is 762 g/mol. The molecule has 0 radical (unpaired) electrons. The summed E-state index contributed by atoms with van der Waals surface area (Å²) in [6.07, 6.45) is 11.8. The van der Waals surface area contributed by atoms with Crippen molar-refractivity contribution in [2.45, 2.75) is 0 Å². The van der Waals surface area contributed by atoms with Gasteiger partial charge in [0.2, 0.25) is 0 Å². The van der Waals surface area contributed by atoms with Crippen molar-refractivity contribution in [2.24, 2.45) is 0 Å². The van der Waals surface area contributed by atoms with E-state index in [1.807, 2.05) is 91.0 Å². The standard InChI is InChI=1S/C45H34N10O3/c56-44(54-42-9-3-8-41(53-42)52-34-16-22-47-23-17-34)32-5-2-7-36(27-32)51-40-19-24-48-29-39(40)30-10-12-37(13-11-30)58-38-18-25-49-43(28-38)55-45(57)31-4-1-6-35(26-31)50-33-14-20-46-21-15-33/h1-29H,(H,46,50)(H,48,51)(H,49,55,57)(H2,47,52,53,54,56). The Bertz CT molecular complexity index is 2680. The summed E-state index contributed by atoms with van der Waals surface area (Å²) < 4.78 is 6.13. The number of anilines is 8. The highest BCUT2D eigenvalue weighted by molar-refractivity contribution is 6.05. The van der Waals surface area contributed by atoms with Gasteiger partial charge in [0.05, 0.1) is 0 Å². The molecule has 0 saturated carbocycles. The van der Waals surface area contributed by atoms with Crippen LogP contribution in [0.15, 0.2) is 177 Å². The van der Waals surface area contributed by atoms with Crippen molar-refractivity contribution in [2.75, 3.05) is 26.6 Å². The van der Waals surface area contributed by atoms with Crippen LogP contribution >= 0.6 is 0 Å². The molecule has 8 aromatic rings. The first-order valence-corrected chi connectivity index (χ1v) is 18.1. The van der Waals surface area contributed by atoms with Crippen LogP contribution in [0.5, 0.6) is 11.5 Å². The van der Waals surface area contributed by atoms with Crippen LogP contribution < -0.4 is 31.3 Å². The molecule has 13 heteroatoms. The van der Waals surface area contributed by atoms with E-state index >= 15 is 0 Å². The fourth-order valence-electron chi connectivity index (χ4n) is 5.88. The van der Waals surface area contributed by atoms with Crippen molar-refractivity contribution in [3.8, 4) is 22.6 Å². The third kappa shape index (κ3) is 9.43. The van der Waals surface area contributed by atoms with Gasteiger partial charge in [-0.05, 0) is 103 Å². The lowest BCUT2D eigenvalue weighted by molar-refractivity contribution is 0.101. The second-order valence-corrected chi connectivity index (χ2v) is 12.7. The van der Waals surface area contributed by atoms with Crippen LogP contribution in [-0.2, 0) is 0 Å². The van der Waals surface area contributed by atoms with Crippen LogP contribution in [0.4, 0.5) is 45.9 Å². The average Bonchev–Trinajstić information content (AvgIpc) is 3.25. The van der Waals surface area contributed by atoms with E-state index in [1.165, 1.54) is 0 Å². The zero-order valence-electron chi connectivity index (χ0n) is 30.7. The minimum atomic E-state index is -0.308. The molecule has 0 aliphatic carbocycles. The van der Waals surface area contributed by atoms with Gasteiger partial charge in [-0.3, -0.25) is 24.5 Å². The number of nitrogens with one attached hydrogen (secondary N) is 5. The molecule has 8 rings (SSSR count). The van der Waals surface area contributed by atoms with Gasteiger partial charge in [-0.2, -0.15) is 0 Å². The number of hydrogen-bond donors (Lipinski definition) is 5. The largest absolute Gasteiger partial charge is 0.457 e. The Hall–Kier alpha value is -8.45. The summed E-state index contributed by atoms with van der Waals surface area (Å²) >= 11 is 0. The molecule has 2 amide bonds. The summed E-state index contributed by atoms with van der Waals surface area (Å²) in [7, 11) is 0. The molecule has 0 fully saturated rings. The summed E-state index contributed by atoms with van der Waals surface area (Å²) in [4.78, 5) is 47.6. The Labute approximate surface area is 333 Å². The Balaban J connectivity index is 0.897. The molecule has 5 N–H and O–H groups in total. The number of rotatable bonds is 13. The van der Waals surface area contributed by atoms with Crippen molar-refractivity contribution in [3.63, 3.8) is 0 Å². The maximum absolute atomic E-state index is 13.3. The van der Waals surface area contributed by atoms with Crippen molar-refractivity contribution < 1.29 is 14.3 Å². The molecule has 0 saturated heterocycles. The molecule has 5 heterocycles. The summed E-state index contributed by atoms with van der Waals surface area (Å²) in [5.41, 5.74) is 6.65. The van der Waals surface area contributed by atoms with Gasteiger partial charge in [-0.15, -0.1) is 0 Å². The Morgan fingerprint density at radius 1 is 0.466 bits per heavy atom. The first-order valence-electron chi connectivity index (χ1n) is 18.1. The number of carbonyl (C=O) groups is 2. The Kier molecular flexibility index (Phi) is 10.9. The molecule has 0 aliphatic heterocycles. The number of ether oxygens (including phenoxy) is 1. The SMILES string of the molecule is O=C(Nc1cc(Oc2ccc(-c3cnccc3Nc3cccc(C(=O)Nc4cccc(Nc5ccncc5)n4)c3)cc2)ccn1)c1cccc(Nc2ccncc2)c1. The molecule has 0 unspecified atom stereocenters. The van der Waals surface area contributed by atoms with Gasteiger partial charge >= 0.3 is 0 Å². The van der Waals surface area contributed by atoms with Crippen molar-refractivity contribution in [3.05, 3.63) is 188 Å². The highest BCUT2D eigenvalue weighted by atomic mass is 16.5. The lowest BCUT2D eigenvalue weighted by Crippen LogP contribution is -2.13. The Morgan fingerprint density at radius 3 is 1.78 bits per heavy atom. The number of pyridine rings is 5. The quantitative estimate of drug-likeness (QED) is 0.0758. The number of benzene rings is 3. The molecule has 13 nitrogen and oxygen atoms in total. The van der Waals surface area contributed by atoms with Crippen LogP contribution in [0.2, 0.25) is 0 Å². The zero-order chi connectivity index (χ0) is 39.5. The maximum Gasteiger partial charge on any atom is 0.256 e. The normalized spacial score (nSPS) is 10.6. The molecule has 0 spiro atoms. The molecular weight excluding hydrogens is 729 g/mol. The second-order valence-electron chi connectivity index (χ2n) is 12.7. The van der Waals surface area contributed by atoms with E-state index in [0.29, 0.717) is 40.1 Å². The molecule has 3 aromatic carbocycles. The number of amides is 2. The highest BCUT2D eigenvalue weighted by Crippen LogP contribution is 2.32. The van der Waals surface area contributed by atoms with Gasteiger partial charge in [-0.1, -0.05) is 30.3 Å². The Morgan fingerprint density at radius 2 is 1.07 bits per heavy atom. The highest BCUT2D eigenvalue weighted by Gasteiger charge is 2.13. The van der Waals surface area contributed by atoms with E-state index < -0.39 is 0 Å². The molecule has 282 valence electrons. The minimum absolute atomic E-state index is 0.299. The van der Waals surface area contributed by atoms with Crippen LogP contribution in [0.25, 0.3) is 11.1 Å². The van der Waals surface area contributed by atoms with Crippen molar-refractivity contribution in [1.82, 2.24) is 24.9 Å². The molecule has 58 heavy (non-hydrogen) atoms. The summed E-state index contributed by atoms with van der Waals surface area (Å²) in [6, 6.07) is 40.0. The van der Waals surface area contributed by atoms with Crippen LogP contribution in [0.1, 0.15) is 20.7 Å². The number of aromatic nitrogens is 5. The second kappa shape index (κ2) is 17.3. The predicted molar refractivity (Wildman–Crippen MR) is 225 cm³/mol. The van der Waals surface area contributed by atoms with E-state index in [4.69, 9.17) is 4.74 Å². The first kappa shape index (κ1) is 36.5. The van der Waals surface area contributed by atoms with E-state index in [0.717, 1.165) is 39.6 Å². The topological polar surface area (TPSA) is 168 Å². The molecular formula is C45H34N10O3. The van der Waals surface area contributed by atoms with Gasteiger partial charge in [0.1, 0.15) is 29.0 Å². The average molecular weight is 763 g/mol. The molecule has 5 aromatic heterocycles. The van der Waals surface area contributed by atoms with Gasteiger partial charge in [0.15, 0.2) is 0 Å².